The van der Waals surface area contributed by atoms with Crippen molar-refractivity contribution < 1.29 is 4.74 Å². The molecule has 0 aromatic carbocycles. The molecule has 0 saturated carbocycles. The van der Waals surface area contributed by atoms with Crippen LogP contribution in [-0.4, -0.2) is 16.6 Å². The Balaban J connectivity index is 2.62. The van der Waals surface area contributed by atoms with Crippen molar-refractivity contribution in [3.8, 4) is 5.88 Å². The lowest BCUT2D eigenvalue weighted by Gasteiger charge is -2.06. The van der Waals surface area contributed by atoms with E-state index in [-0.39, 0.29) is 0 Å². The molecule has 0 atom stereocenters. The molecule has 1 rings (SSSR count). The molecule has 0 aliphatic rings. The van der Waals surface area contributed by atoms with Gasteiger partial charge in [-0.1, -0.05) is 20.3 Å². The van der Waals surface area contributed by atoms with Crippen LogP contribution in [0.1, 0.15) is 38.9 Å². The van der Waals surface area contributed by atoms with Gasteiger partial charge in [-0.15, -0.1) is 0 Å². The van der Waals surface area contributed by atoms with Crippen LogP contribution in [0.2, 0.25) is 0 Å². The van der Waals surface area contributed by atoms with E-state index in [1.54, 1.807) is 0 Å². The monoisotopic (exact) mass is 272 g/mol. The van der Waals surface area contributed by atoms with Gasteiger partial charge < -0.3 is 4.74 Å². The molecule has 0 aliphatic carbocycles. The summed E-state index contributed by atoms with van der Waals surface area (Å²) in [6.07, 6.45) is 4.13. The number of aromatic nitrogens is 2. The molecule has 1 aromatic rings. The molecule has 0 amide bonds. The highest BCUT2D eigenvalue weighted by molar-refractivity contribution is 9.10. The van der Waals surface area contributed by atoms with E-state index in [1.165, 1.54) is 0 Å². The summed E-state index contributed by atoms with van der Waals surface area (Å²) >= 11 is 3.36. The van der Waals surface area contributed by atoms with E-state index >= 15 is 0 Å². The van der Waals surface area contributed by atoms with Crippen LogP contribution in [0.15, 0.2) is 10.7 Å². The van der Waals surface area contributed by atoms with Crippen LogP contribution in [0.3, 0.4) is 0 Å². The minimum Gasteiger partial charge on any atom is -0.478 e. The van der Waals surface area contributed by atoms with Gasteiger partial charge in [0.2, 0.25) is 5.88 Å². The standard InChI is InChI=1S/C11H17BrN2O/c1-3-5-7-15-11-8-9(12)13-10(14-11)6-4-2/h8H,3-7H2,1-2H3. The quantitative estimate of drug-likeness (QED) is 0.588. The molecule has 0 N–H and O–H groups in total. The summed E-state index contributed by atoms with van der Waals surface area (Å²) in [5.41, 5.74) is 0. The summed E-state index contributed by atoms with van der Waals surface area (Å²) in [5, 5.41) is 0. The van der Waals surface area contributed by atoms with E-state index in [1.807, 2.05) is 6.07 Å². The molecule has 1 heterocycles. The second-order valence-electron chi connectivity index (χ2n) is 3.40. The minimum atomic E-state index is 0.675. The third-order valence-corrected chi connectivity index (χ3v) is 2.35. The van der Waals surface area contributed by atoms with Gasteiger partial charge >= 0.3 is 0 Å². The lowest BCUT2D eigenvalue weighted by molar-refractivity contribution is 0.296. The molecule has 15 heavy (non-hydrogen) atoms. The van der Waals surface area contributed by atoms with Gasteiger partial charge in [-0.05, 0) is 28.8 Å². The van der Waals surface area contributed by atoms with E-state index in [2.05, 4.69) is 39.7 Å². The molecule has 1 aromatic heterocycles. The molecule has 3 nitrogen and oxygen atoms in total. The van der Waals surface area contributed by atoms with E-state index in [4.69, 9.17) is 4.74 Å². The Hall–Kier alpha value is -0.640. The normalized spacial score (nSPS) is 10.3. The molecule has 0 saturated heterocycles. The van der Waals surface area contributed by atoms with Gasteiger partial charge in [0.15, 0.2) is 0 Å². The fraction of sp³-hybridized carbons (Fsp3) is 0.636. The predicted octanol–water partition coefficient (Wildman–Crippen LogP) is 3.37. The Bertz CT molecular complexity index is 305. The zero-order valence-electron chi connectivity index (χ0n) is 9.29. The molecule has 0 radical (unpaired) electrons. The van der Waals surface area contributed by atoms with Gasteiger partial charge in [0.25, 0.3) is 0 Å². The van der Waals surface area contributed by atoms with Gasteiger partial charge in [-0.25, -0.2) is 4.98 Å². The summed E-state index contributed by atoms with van der Waals surface area (Å²) in [4.78, 5) is 8.61. The smallest absolute Gasteiger partial charge is 0.217 e. The van der Waals surface area contributed by atoms with Crippen LogP contribution in [0.4, 0.5) is 0 Å². The molecule has 0 aliphatic heterocycles. The van der Waals surface area contributed by atoms with Gasteiger partial charge in [0.1, 0.15) is 10.4 Å². The first-order valence-electron chi connectivity index (χ1n) is 5.42. The van der Waals surface area contributed by atoms with E-state index < -0.39 is 0 Å². The lowest BCUT2D eigenvalue weighted by Crippen LogP contribution is -2.02. The predicted molar refractivity (Wildman–Crippen MR) is 64.1 cm³/mol. The number of hydrogen-bond donors (Lipinski definition) is 0. The number of rotatable bonds is 6. The Kier molecular flexibility index (Phi) is 5.61. The van der Waals surface area contributed by atoms with Crippen LogP contribution < -0.4 is 4.74 Å². The molecular weight excluding hydrogens is 256 g/mol. The maximum atomic E-state index is 5.53. The number of halogens is 1. The van der Waals surface area contributed by atoms with Crippen LogP contribution in [0.25, 0.3) is 0 Å². The maximum Gasteiger partial charge on any atom is 0.217 e. The Morgan fingerprint density at radius 1 is 1.27 bits per heavy atom. The van der Waals surface area contributed by atoms with E-state index in [0.717, 1.165) is 42.7 Å². The Morgan fingerprint density at radius 2 is 2.07 bits per heavy atom. The lowest BCUT2D eigenvalue weighted by atomic mass is 10.3. The zero-order valence-corrected chi connectivity index (χ0v) is 10.9. The summed E-state index contributed by atoms with van der Waals surface area (Å²) in [6, 6.07) is 1.81. The van der Waals surface area contributed by atoms with Gasteiger partial charge in [0, 0.05) is 12.5 Å². The summed E-state index contributed by atoms with van der Waals surface area (Å²) < 4.78 is 6.33. The number of hydrogen-bond acceptors (Lipinski definition) is 3. The topological polar surface area (TPSA) is 35.0 Å². The van der Waals surface area contributed by atoms with Crippen molar-refractivity contribution in [3.05, 3.63) is 16.5 Å². The van der Waals surface area contributed by atoms with Crippen molar-refractivity contribution in [2.24, 2.45) is 0 Å². The largest absolute Gasteiger partial charge is 0.478 e. The molecule has 0 bridgehead atoms. The molecule has 0 unspecified atom stereocenters. The number of ether oxygens (including phenoxy) is 1. The number of unbranched alkanes of at least 4 members (excludes halogenated alkanes) is 1. The SMILES string of the molecule is CCCCOc1cc(Br)nc(CCC)n1. The van der Waals surface area contributed by atoms with Gasteiger partial charge in [0.05, 0.1) is 6.61 Å². The molecule has 0 spiro atoms. The summed E-state index contributed by atoms with van der Waals surface area (Å²) in [6.45, 7) is 4.98. The number of nitrogens with zero attached hydrogens (tertiary/aromatic N) is 2. The average Bonchev–Trinajstić information content (AvgIpc) is 2.18. The Morgan fingerprint density at radius 3 is 2.73 bits per heavy atom. The highest BCUT2D eigenvalue weighted by Crippen LogP contribution is 2.15. The second-order valence-corrected chi connectivity index (χ2v) is 4.21. The fourth-order valence-corrected chi connectivity index (χ4v) is 1.57. The van der Waals surface area contributed by atoms with Crippen molar-refractivity contribution in [2.45, 2.75) is 39.5 Å². The van der Waals surface area contributed by atoms with Crippen molar-refractivity contribution in [2.75, 3.05) is 6.61 Å². The van der Waals surface area contributed by atoms with E-state index in [0.29, 0.717) is 5.88 Å². The highest BCUT2D eigenvalue weighted by atomic mass is 79.9. The molecule has 84 valence electrons. The van der Waals surface area contributed by atoms with Crippen molar-refractivity contribution in [1.82, 2.24) is 9.97 Å². The van der Waals surface area contributed by atoms with Crippen molar-refractivity contribution >= 4 is 15.9 Å². The zero-order chi connectivity index (χ0) is 11.1. The van der Waals surface area contributed by atoms with Gasteiger partial charge in [-0.3, -0.25) is 0 Å². The second kappa shape index (κ2) is 6.77. The van der Waals surface area contributed by atoms with Crippen LogP contribution in [-0.2, 0) is 6.42 Å². The third-order valence-electron chi connectivity index (χ3n) is 1.94. The number of aryl methyl sites for hydroxylation is 1. The minimum absolute atomic E-state index is 0.675. The summed E-state index contributed by atoms with van der Waals surface area (Å²) in [7, 11) is 0. The van der Waals surface area contributed by atoms with Crippen molar-refractivity contribution in [1.29, 1.82) is 0 Å². The van der Waals surface area contributed by atoms with Gasteiger partial charge in [-0.2, -0.15) is 4.98 Å². The first-order chi connectivity index (χ1) is 7.26. The summed E-state index contributed by atoms with van der Waals surface area (Å²) in [5.74, 6) is 1.52. The molecule has 4 heteroatoms. The van der Waals surface area contributed by atoms with Crippen LogP contribution in [0.5, 0.6) is 5.88 Å². The van der Waals surface area contributed by atoms with E-state index in [9.17, 15) is 0 Å². The maximum absolute atomic E-state index is 5.53. The first kappa shape index (κ1) is 12.4. The van der Waals surface area contributed by atoms with Crippen molar-refractivity contribution in [3.63, 3.8) is 0 Å². The molecular formula is C11H17BrN2O. The third kappa shape index (κ3) is 4.60. The highest BCUT2D eigenvalue weighted by Gasteiger charge is 2.02. The fourth-order valence-electron chi connectivity index (χ4n) is 1.17. The first-order valence-corrected chi connectivity index (χ1v) is 6.21. The van der Waals surface area contributed by atoms with Crippen LogP contribution in [0, 0.1) is 0 Å². The Labute approximate surface area is 99.4 Å². The van der Waals surface area contributed by atoms with Crippen LogP contribution >= 0.6 is 15.9 Å². The average molecular weight is 273 g/mol. The molecule has 0 fully saturated rings.